The van der Waals surface area contributed by atoms with E-state index in [0.717, 1.165) is 40.9 Å². The van der Waals surface area contributed by atoms with Gasteiger partial charge in [0.1, 0.15) is 6.61 Å². The number of esters is 1. The highest BCUT2D eigenvalue weighted by Crippen LogP contribution is 2.27. The third kappa shape index (κ3) is 3.66. The number of oxazole rings is 1. The molecule has 8 nitrogen and oxygen atoms in total. The minimum absolute atomic E-state index is 0.231. The fraction of sp³-hybridized carbons (Fsp3) is 0.320. The monoisotopic (exact) mass is 446 g/mol. The number of hydrogen-bond donors (Lipinski definition) is 1. The normalized spacial score (nSPS) is 13.5. The average molecular weight is 447 g/mol. The summed E-state index contributed by atoms with van der Waals surface area (Å²) in [4.78, 5) is 23.5. The summed E-state index contributed by atoms with van der Waals surface area (Å²) in [6.07, 6.45) is 4.70. The van der Waals surface area contributed by atoms with Crippen LogP contribution in [0, 0.1) is 6.92 Å². The molecule has 2 aromatic heterocycles. The van der Waals surface area contributed by atoms with Gasteiger partial charge in [0.2, 0.25) is 0 Å². The number of ether oxygens (including phenoxy) is 1. The van der Waals surface area contributed by atoms with E-state index in [-0.39, 0.29) is 17.3 Å². The van der Waals surface area contributed by atoms with Gasteiger partial charge in [-0.05, 0) is 69.1 Å². The van der Waals surface area contributed by atoms with E-state index in [1.165, 1.54) is 10.1 Å². The molecule has 1 aliphatic heterocycles. The number of nitrogens with zero attached hydrogens (tertiary/aromatic N) is 3. The van der Waals surface area contributed by atoms with Gasteiger partial charge >= 0.3 is 11.7 Å². The summed E-state index contributed by atoms with van der Waals surface area (Å²) >= 11 is 0. The number of carbonyl (C=O) groups is 1. The summed E-state index contributed by atoms with van der Waals surface area (Å²) in [5.74, 6) is -0.614. The van der Waals surface area contributed by atoms with Crippen molar-refractivity contribution in [1.82, 2.24) is 19.7 Å². The SMILES string of the molecule is Cc1c(CCNC(C)(C)c2cnn(-c3ccc4oc(=O)n(C)c4c3)c2)ccc2c1COC2=O. The largest absolute Gasteiger partial charge is 0.457 e. The molecule has 0 radical (unpaired) electrons. The van der Waals surface area contributed by atoms with Gasteiger partial charge in [0.15, 0.2) is 5.58 Å². The molecule has 0 unspecified atom stereocenters. The van der Waals surface area contributed by atoms with Gasteiger partial charge < -0.3 is 14.5 Å². The van der Waals surface area contributed by atoms with E-state index in [4.69, 9.17) is 9.15 Å². The van der Waals surface area contributed by atoms with Crippen molar-refractivity contribution in [3.05, 3.63) is 81.1 Å². The van der Waals surface area contributed by atoms with Crippen LogP contribution in [0.1, 0.15) is 46.5 Å². The van der Waals surface area contributed by atoms with E-state index < -0.39 is 0 Å². The minimum atomic E-state index is -0.383. The molecule has 1 aliphatic rings. The molecule has 170 valence electrons. The Morgan fingerprint density at radius 1 is 1.18 bits per heavy atom. The first-order valence-electron chi connectivity index (χ1n) is 10.9. The van der Waals surface area contributed by atoms with Gasteiger partial charge in [0.25, 0.3) is 0 Å². The molecule has 1 N–H and O–H groups in total. The van der Waals surface area contributed by atoms with Crippen LogP contribution in [0.2, 0.25) is 0 Å². The van der Waals surface area contributed by atoms with Crippen molar-refractivity contribution < 1.29 is 13.9 Å². The predicted molar refractivity (Wildman–Crippen MR) is 124 cm³/mol. The van der Waals surface area contributed by atoms with Gasteiger partial charge in [0.05, 0.1) is 23.0 Å². The maximum atomic E-state index is 11.8. The van der Waals surface area contributed by atoms with Gasteiger partial charge in [-0.3, -0.25) is 4.57 Å². The first kappa shape index (κ1) is 21.2. The van der Waals surface area contributed by atoms with Gasteiger partial charge in [-0.15, -0.1) is 0 Å². The first-order valence-corrected chi connectivity index (χ1v) is 10.9. The van der Waals surface area contributed by atoms with E-state index in [9.17, 15) is 9.59 Å². The number of aryl methyl sites for hydroxylation is 1. The lowest BCUT2D eigenvalue weighted by molar-refractivity contribution is 0.0535. The molecule has 8 heteroatoms. The predicted octanol–water partition coefficient (Wildman–Crippen LogP) is 3.36. The zero-order chi connectivity index (χ0) is 23.3. The number of carbonyl (C=O) groups excluding carboxylic acids is 1. The molecular formula is C25H26N4O4. The van der Waals surface area contributed by atoms with Crippen LogP contribution in [0.3, 0.4) is 0 Å². The maximum Gasteiger partial charge on any atom is 0.419 e. The molecule has 33 heavy (non-hydrogen) atoms. The Kier molecular flexibility index (Phi) is 4.97. The molecule has 0 atom stereocenters. The molecule has 3 heterocycles. The summed E-state index contributed by atoms with van der Waals surface area (Å²) in [5.41, 5.74) is 6.92. The highest BCUT2D eigenvalue weighted by molar-refractivity contribution is 5.93. The molecule has 0 fully saturated rings. The molecule has 4 aromatic rings. The van der Waals surface area contributed by atoms with E-state index >= 15 is 0 Å². The molecule has 0 aliphatic carbocycles. The molecule has 0 amide bonds. The highest BCUT2D eigenvalue weighted by Gasteiger charge is 2.25. The second-order valence-electron chi connectivity index (χ2n) is 9.01. The van der Waals surface area contributed by atoms with Crippen LogP contribution >= 0.6 is 0 Å². The summed E-state index contributed by atoms with van der Waals surface area (Å²) in [6, 6.07) is 9.45. The Morgan fingerprint density at radius 2 is 2.00 bits per heavy atom. The lowest BCUT2D eigenvalue weighted by Gasteiger charge is -2.25. The number of hydrogen-bond acceptors (Lipinski definition) is 6. The van der Waals surface area contributed by atoms with Gasteiger partial charge in [-0.25, -0.2) is 14.3 Å². The molecule has 2 aromatic carbocycles. The van der Waals surface area contributed by atoms with Crippen LogP contribution in [0.25, 0.3) is 16.8 Å². The lowest BCUT2D eigenvalue weighted by atomic mass is 9.95. The number of nitrogens with one attached hydrogen (secondary N) is 1. The zero-order valence-electron chi connectivity index (χ0n) is 19.1. The first-order chi connectivity index (χ1) is 15.7. The second-order valence-corrected chi connectivity index (χ2v) is 9.01. The van der Waals surface area contributed by atoms with Crippen molar-refractivity contribution in [3.63, 3.8) is 0 Å². The fourth-order valence-electron chi connectivity index (χ4n) is 4.32. The third-order valence-electron chi connectivity index (χ3n) is 6.58. The van der Waals surface area contributed by atoms with Crippen molar-refractivity contribution in [1.29, 1.82) is 0 Å². The standard InChI is InChI=1S/C25H26N4O4/c1-15-16(5-7-19-20(15)14-32-23(19)30)9-10-26-25(2,3)17-12-27-29(13-17)18-6-8-22-21(11-18)28(4)24(31)33-22/h5-8,11-13,26H,9-10,14H2,1-4H3. The zero-order valence-corrected chi connectivity index (χ0v) is 19.1. The smallest absolute Gasteiger partial charge is 0.419 e. The summed E-state index contributed by atoms with van der Waals surface area (Å²) in [6.45, 7) is 7.44. The van der Waals surface area contributed by atoms with E-state index in [2.05, 4.69) is 31.2 Å². The van der Waals surface area contributed by atoms with Crippen LogP contribution in [0.15, 0.2) is 51.9 Å². The Bertz CT molecular complexity index is 1440. The van der Waals surface area contributed by atoms with Gasteiger partial charge in [0, 0.05) is 29.9 Å². The average Bonchev–Trinajstić information content (AvgIpc) is 3.49. The Balaban J connectivity index is 1.30. The van der Waals surface area contributed by atoms with Crippen molar-refractivity contribution in [2.45, 2.75) is 39.3 Å². The summed E-state index contributed by atoms with van der Waals surface area (Å²) in [7, 11) is 1.69. The molecular weight excluding hydrogens is 420 g/mol. The second kappa shape index (κ2) is 7.74. The highest BCUT2D eigenvalue weighted by atomic mass is 16.5. The molecule has 0 spiro atoms. The van der Waals surface area contributed by atoms with Crippen LogP contribution in [-0.2, 0) is 30.4 Å². The minimum Gasteiger partial charge on any atom is -0.457 e. The molecule has 5 rings (SSSR count). The molecule has 0 bridgehead atoms. The summed E-state index contributed by atoms with van der Waals surface area (Å²) < 4.78 is 13.7. The van der Waals surface area contributed by atoms with Gasteiger partial charge in [-0.2, -0.15) is 5.10 Å². The van der Waals surface area contributed by atoms with Crippen molar-refractivity contribution in [3.8, 4) is 5.69 Å². The number of cyclic esters (lactones) is 1. The Hall–Kier alpha value is -3.65. The van der Waals surface area contributed by atoms with Crippen molar-refractivity contribution >= 4 is 17.1 Å². The van der Waals surface area contributed by atoms with Crippen LogP contribution < -0.4 is 11.1 Å². The van der Waals surface area contributed by atoms with Crippen LogP contribution in [0.5, 0.6) is 0 Å². The quantitative estimate of drug-likeness (QED) is 0.457. The Morgan fingerprint density at radius 3 is 2.82 bits per heavy atom. The topological polar surface area (TPSA) is 91.3 Å². The van der Waals surface area contributed by atoms with Crippen molar-refractivity contribution in [2.24, 2.45) is 7.05 Å². The van der Waals surface area contributed by atoms with E-state index in [0.29, 0.717) is 17.8 Å². The maximum absolute atomic E-state index is 11.8. The lowest BCUT2D eigenvalue weighted by Crippen LogP contribution is -2.37. The van der Waals surface area contributed by atoms with E-state index in [1.54, 1.807) is 17.8 Å². The third-order valence-corrected chi connectivity index (χ3v) is 6.58. The van der Waals surface area contributed by atoms with Gasteiger partial charge in [-0.1, -0.05) is 6.07 Å². The molecule has 0 saturated carbocycles. The Labute approximate surface area is 190 Å². The van der Waals surface area contributed by atoms with E-state index in [1.807, 2.05) is 36.7 Å². The van der Waals surface area contributed by atoms with Crippen molar-refractivity contribution in [2.75, 3.05) is 6.54 Å². The number of aromatic nitrogens is 3. The fourth-order valence-corrected chi connectivity index (χ4v) is 4.32. The molecule has 0 saturated heterocycles. The number of rotatable bonds is 6. The number of fused-ring (bicyclic) bond motifs is 2. The number of benzene rings is 2. The summed E-state index contributed by atoms with van der Waals surface area (Å²) in [5, 5.41) is 8.16. The van der Waals surface area contributed by atoms with Crippen LogP contribution in [0.4, 0.5) is 0 Å². The van der Waals surface area contributed by atoms with Crippen LogP contribution in [-0.4, -0.2) is 26.9 Å².